The summed E-state index contributed by atoms with van der Waals surface area (Å²) in [5, 5.41) is 13.3. The molecule has 0 aliphatic rings. The molecule has 0 heterocycles. The van der Waals surface area contributed by atoms with E-state index in [2.05, 4.69) is 5.09 Å². The SMILES string of the molecule is CCOC(=O)[C@H](C)C[P@](=O)(COc1cc(C)c(Cc2ccc(O)c(Cc3ccc(F)cc3)c2)c(C)c1)N[C@H](C)C(=O)OCC. The van der Waals surface area contributed by atoms with E-state index in [1.54, 1.807) is 45.9 Å². The number of rotatable bonds is 15. The molecule has 2 N–H and O–H groups in total. The first-order valence-electron chi connectivity index (χ1n) is 14.8. The predicted octanol–water partition coefficient (Wildman–Crippen LogP) is 6.68. The molecule has 0 amide bonds. The number of ether oxygens (including phenoxy) is 3. The van der Waals surface area contributed by atoms with Crippen LogP contribution in [0.5, 0.6) is 11.5 Å². The van der Waals surface area contributed by atoms with E-state index in [4.69, 9.17) is 14.2 Å². The second-order valence-corrected chi connectivity index (χ2v) is 13.7. The molecular weight excluding hydrogens is 584 g/mol. The maximum absolute atomic E-state index is 14.0. The number of phenols is 1. The Morgan fingerprint density at radius 3 is 2.09 bits per heavy atom. The molecule has 0 radical (unpaired) electrons. The van der Waals surface area contributed by atoms with Crippen LogP contribution in [0.2, 0.25) is 0 Å². The summed E-state index contributed by atoms with van der Waals surface area (Å²) in [6.45, 7) is 10.9. The maximum atomic E-state index is 14.0. The molecule has 0 spiro atoms. The standard InChI is InChI=1S/C34H43FNO7P/c1-7-41-33(38)24(5)20-44(40,36-25(6)34(39)42-8-2)21-43-30-15-22(3)31(23(4)16-30)19-27-11-14-32(37)28(18-27)17-26-9-12-29(35)13-10-26/h9-16,18,24-25,37H,7-8,17,19-21H2,1-6H3,(H,36,40)/t24-,25-,44+/m1/s1. The lowest BCUT2D eigenvalue weighted by atomic mass is 9.93. The van der Waals surface area contributed by atoms with Crippen LogP contribution < -0.4 is 9.82 Å². The zero-order valence-electron chi connectivity index (χ0n) is 26.3. The summed E-state index contributed by atoms with van der Waals surface area (Å²) in [4.78, 5) is 24.6. The van der Waals surface area contributed by atoms with Gasteiger partial charge in [0.05, 0.1) is 19.1 Å². The highest BCUT2D eigenvalue weighted by atomic mass is 31.2. The lowest BCUT2D eigenvalue weighted by molar-refractivity contribution is -0.146. The quantitative estimate of drug-likeness (QED) is 0.142. The molecule has 0 saturated carbocycles. The fourth-order valence-electron chi connectivity index (χ4n) is 5.03. The van der Waals surface area contributed by atoms with Gasteiger partial charge in [-0.05, 0) is 105 Å². The van der Waals surface area contributed by atoms with Crippen molar-refractivity contribution in [3.8, 4) is 11.5 Å². The van der Waals surface area contributed by atoms with Crippen LogP contribution in [0.4, 0.5) is 4.39 Å². The summed E-state index contributed by atoms with van der Waals surface area (Å²) in [6, 6.07) is 14.6. The molecule has 0 aromatic heterocycles. The minimum atomic E-state index is -3.41. The monoisotopic (exact) mass is 627 g/mol. The van der Waals surface area contributed by atoms with E-state index in [0.29, 0.717) is 18.6 Å². The Bertz CT molecular complexity index is 1440. The molecule has 8 nitrogen and oxygen atoms in total. The van der Waals surface area contributed by atoms with E-state index < -0.39 is 31.2 Å². The van der Waals surface area contributed by atoms with Gasteiger partial charge >= 0.3 is 11.9 Å². The fourth-order valence-corrected chi connectivity index (χ4v) is 7.52. The molecule has 3 rings (SSSR count). The van der Waals surface area contributed by atoms with Crippen LogP contribution in [0.15, 0.2) is 54.6 Å². The third-order valence-electron chi connectivity index (χ3n) is 7.27. The number of aryl methyl sites for hydroxylation is 2. The van der Waals surface area contributed by atoms with Gasteiger partial charge in [0.2, 0.25) is 0 Å². The van der Waals surface area contributed by atoms with Gasteiger partial charge in [-0.25, -0.2) is 4.39 Å². The van der Waals surface area contributed by atoms with Crippen LogP contribution in [0, 0.1) is 25.6 Å². The zero-order chi connectivity index (χ0) is 32.4. The van der Waals surface area contributed by atoms with Crippen LogP contribution >= 0.6 is 7.29 Å². The van der Waals surface area contributed by atoms with Crippen LogP contribution in [0.3, 0.4) is 0 Å². The van der Waals surface area contributed by atoms with E-state index in [1.165, 1.54) is 12.1 Å². The van der Waals surface area contributed by atoms with Crippen molar-refractivity contribution in [1.82, 2.24) is 5.09 Å². The van der Waals surface area contributed by atoms with Crippen molar-refractivity contribution in [3.05, 3.63) is 93.8 Å². The highest BCUT2D eigenvalue weighted by molar-refractivity contribution is 7.61. The molecule has 0 saturated heterocycles. The van der Waals surface area contributed by atoms with E-state index in [1.807, 2.05) is 38.1 Å². The minimum absolute atomic E-state index is 0.0489. The number of carbonyl (C=O) groups is 2. The van der Waals surface area contributed by atoms with Crippen molar-refractivity contribution in [1.29, 1.82) is 0 Å². The molecule has 238 valence electrons. The van der Waals surface area contributed by atoms with Gasteiger partial charge in [-0.15, -0.1) is 0 Å². The van der Waals surface area contributed by atoms with Gasteiger partial charge in [0, 0.05) is 12.6 Å². The number of esters is 2. The van der Waals surface area contributed by atoms with Gasteiger partial charge in [-0.3, -0.25) is 14.7 Å². The molecule has 10 heteroatoms. The maximum Gasteiger partial charge on any atom is 0.323 e. The van der Waals surface area contributed by atoms with Crippen LogP contribution in [0.25, 0.3) is 0 Å². The number of hydrogen-bond donors (Lipinski definition) is 2. The number of benzene rings is 3. The van der Waals surface area contributed by atoms with Crippen LogP contribution in [-0.4, -0.2) is 48.8 Å². The average molecular weight is 628 g/mol. The first kappa shape index (κ1) is 34.8. The molecule has 0 bridgehead atoms. The zero-order valence-corrected chi connectivity index (χ0v) is 27.2. The molecular formula is C34H43FNO7P. The van der Waals surface area contributed by atoms with E-state index in [0.717, 1.165) is 33.4 Å². The second-order valence-electron chi connectivity index (χ2n) is 11.1. The summed E-state index contributed by atoms with van der Waals surface area (Å²) >= 11 is 0. The smallest absolute Gasteiger partial charge is 0.323 e. The Hall–Kier alpha value is -3.68. The number of hydrogen-bond acceptors (Lipinski definition) is 7. The molecule has 0 fully saturated rings. The van der Waals surface area contributed by atoms with E-state index in [-0.39, 0.29) is 37.3 Å². The van der Waals surface area contributed by atoms with E-state index in [9.17, 15) is 23.7 Å². The van der Waals surface area contributed by atoms with Gasteiger partial charge in [0.1, 0.15) is 23.4 Å². The van der Waals surface area contributed by atoms with Crippen LogP contribution in [0.1, 0.15) is 61.1 Å². The summed E-state index contributed by atoms with van der Waals surface area (Å²) in [5.74, 6) is -1.28. The summed E-state index contributed by atoms with van der Waals surface area (Å²) < 4.78 is 43.5. The Labute approximate surface area is 259 Å². The highest BCUT2D eigenvalue weighted by Crippen LogP contribution is 2.44. The summed E-state index contributed by atoms with van der Waals surface area (Å²) in [6.07, 6.45) is 0.807. The average Bonchev–Trinajstić information content (AvgIpc) is 2.97. The first-order chi connectivity index (χ1) is 20.8. The Morgan fingerprint density at radius 1 is 0.886 bits per heavy atom. The van der Waals surface area contributed by atoms with Crippen molar-refractivity contribution in [2.24, 2.45) is 5.92 Å². The Balaban J connectivity index is 1.77. The largest absolute Gasteiger partial charge is 0.508 e. The molecule has 0 unspecified atom stereocenters. The molecule has 0 aliphatic heterocycles. The van der Waals surface area contributed by atoms with Gasteiger partial charge in [0.15, 0.2) is 13.6 Å². The second kappa shape index (κ2) is 15.9. The normalized spacial score (nSPS) is 13.9. The predicted molar refractivity (Wildman–Crippen MR) is 169 cm³/mol. The molecule has 3 aromatic carbocycles. The van der Waals surface area contributed by atoms with Crippen LogP contribution in [-0.2, 0) is 36.5 Å². The van der Waals surface area contributed by atoms with Crippen molar-refractivity contribution < 1.29 is 37.9 Å². The van der Waals surface area contributed by atoms with Crippen molar-refractivity contribution in [3.63, 3.8) is 0 Å². The van der Waals surface area contributed by atoms with Gasteiger partial charge in [-0.2, -0.15) is 0 Å². The summed E-state index contributed by atoms with van der Waals surface area (Å²) in [7, 11) is -3.41. The van der Waals surface area contributed by atoms with Gasteiger partial charge in [-0.1, -0.05) is 31.2 Å². The van der Waals surface area contributed by atoms with Crippen molar-refractivity contribution >= 4 is 19.2 Å². The fraction of sp³-hybridized carbons (Fsp3) is 0.412. The third kappa shape index (κ3) is 9.93. The number of nitrogens with one attached hydrogen (secondary N) is 1. The summed E-state index contributed by atoms with van der Waals surface area (Å²) in [5.41, 5.74) is 5.68. The molecule has 3 aromatic rings. The number of phenolic OH excluding ortho intramolecular Hbond substituents is 1. The highest BCUT2D eigenvalue weighted by Gasteiger charge is 2.33. The van der Waals surface area contributed by atoms with E-state index >= 15 is 0 Å². The third-order valence-corrected chi connectivity index (χ3v) is 9.81. The number of aromatic hydroxyl groups is 1. The lowest BCUT2D eigenvalue weighted by Crippen LogP contribution is -2.36. The molecule has 44 heavy (non-hydrogen) atoms. The van der Waals surface area contributed by atoms with Crippen molar-refractivity contribution in [2.45, 2.75) is 60.4 Å². The minimum Gasteiger partial charge on any atom is -0.508 e. The van der Waals surface area contributed by atoms with Crippen molar-refractivity contribution in [2.75, 3.05) is 25.7 Å². The number of halogens is 1. The first-order valence-corrected chi connectivity index (χ1v) is 16.9. The number of carbonyl (C=O) groups excluding carboxylic acids is 2. The Morgan fingerprint density at radius 2 is 1.48 bits per heavy atom. The topological polar surface area (TPSA) is 111 Å². The Kier molecular flexibility index (Phi) is 12.6. The molecule has 3 atom stereocenters. The molecule has 0 aliphatic carbocycles. The van der Waals surface area contributed by atoms with Gasteiger partial charge in [0.25, 0.3) is 0 Å². The lowest BCUT2D eigenvalue weighted by Gasteiger charge is -2.25. The van der Waals surface area contributed by atoms with Gasteiger partial charge < -0.3 is 23.9 Å².